The van der Waals surface area contributed by atoms with E-state index in [9.17, 15) is 22.7 Å². The Morgan fingerprint density at radius 3 is 2.52 bits per heavy atom. The second-order valence-corrected chi connectivity index (χ2v) is 12.3. The van der Waals surface area contributed by atoms with Crippen LogP contribution in [0.5, 0.6) is 5.75 Å². The van der Waals surface area contributed by atoms with E-state index in [0.29, 0.717) is 11.4 Å². The molecule has 1 spiro atoms. The zero-order valence-corrected chi connectivity index (χ0v) is 23.0. The third kappa shape index (κ3) is 3.95. The van der Waals surface area contributed by atoms with Gasteiger partial charge in [0.2, 0.25) is 0 Å². The summed E-state index contributed by atoms with van der Waals surface area (Å²) in [5.74, 6) is 0.223. The van der Waals surface area contributed by atoms with Crippen molar-refractivity contribution >= 4 is 32.6 Å². The van der Waals surface area contributed by atoms with Gasteiger partial charge in [0, 0.05) is 68.2 Å². The van der Waals surface area contributed by atoms with E-state index in [4.69, 9.17) is 4.74 Å². The molecule has 210 valence electrons. The first-order valence-electron chi connectivity index (χ1n) is 12.7. The van der Waals surface area contributed by atoms with Crippen LogP contribution in [0.2, 0.25) is 0 Å². The normalized spacial score (nSPS) is 18.5. The van der Waals surface area contributed by atoms with Crippen molar-refractivity contribution in [2.45, 2.75) is 16.5 Å². The average molecular weight is 569 g/mol. The number of carbonyl (C=O) groups is 1. The molecule has 0 radical (unpaired) electrons. The minimum absolute atomic E-state index is 0.0392. The van der Waals surface area contributed by atoms with E-state index in [1.807, 2.05) is 29.8 Å². The van der Waals surface area contributed by atoms with Gasteiger partial charge >= 0.3 is 6.03 Å². The zero-order valence-electron chi connectivity index (χ0n) is 22.2. The largest absolute Gasteiger partial charge is 0.497 e. The number of halogens is 1. The van der Waals surface area contributed by atoms with Gasteiger partial charge in [-0.2, -0.15) is 4.31 Å². The fraction of sp³-hybridized carbons (Fsp3) is 0.333. The Morgan fingerprint density at radius 2 is 1.90 bits per heavy atom. The number of anilines is 1. The van der Waals surface area contributed by atoms with Crippen LogP contribution in [0.25, 0.3) is 10.9 Å². The number of sulfonamides is 1. The zero-order chi connectivity index (χ0) is 28.4. The van der Waals surface area contributed by atoms with Crippen molar-refractivity contribution in [3.63, 3.8) is 0 Å². The standard InChI is InChI=1S/C27H29FN6O5S/c1-31-11-23(29-16-31)40(37,38)33-13-27(14-33)15-34(26(36)30-18-6-4-17(28)5-7-18)22(12-35)25-24(27)20-9-8-19(39-3)10-21(20)32(25)2/h4-11,16,22,35H,12-15H2,1-3H3,(H,30,36)/t22-/m0/s1. The molecule has 11 nitrogen and oxygen atoms in total. The summed E-state index contributed by atoms with van der Waals surface area (Å²) in [5.41, 5.74) is 2.13. The monoisotopic (exact) mass is 568 g/mol. The van der Waals surface area contributed by atoms with E-state index >= 15 is 0 Å². The van der Waals surface area contributed by atoms with Crippen LogP contribution >= 0.6 is 0 Å². The smallest absolute Gasteiger partial charge is 0.322 e. The molecule has 2 aliphatic rings. The summed E-state index contributed by atoms with van der Waals surface area (Å²) < 4.78 is 50.5. The fourth-order valence-corrected chi connectivity index (χ4v) is 7.59. The van der Waals surface area contributed by atoms with Crippen molar-refractivity contribution in [1.29, 1.82) is 0 Å². The maximum atomic E-state index is 13.6. The Labute approximate surface area is 230 Å². The van der Waals surface area contributed by atoms with E-state index in [1.165, 1.54) is 46.0 Å². The molecule has 2 amide bonds. The van der Waals surface area contributed by atoms with E-state index in [0.717, 1.165) is 22.2 Å². The van der Waals surface area contributed by atoms with E-state index in [1.54, 1.807) is 18.7 Å². The lowest BCUT2D eigenvalue weighted by atomic mass is 9.70. The molecule has 0 saturated carbocycles. The molecular weight excluding hydrogens is 539 g/mol. The van der Waals surface area contributed by atoms with Crippen molar-refractivity contribution in [3.05, 3.63) is 72.1 Å². The van der Waals surface area contributed by atoms with Crippen LogP contribution < -0.4 is 10.1 Å². The first kappa shape index (κ1) is 26.3. The molecular formula is C27H29FN6O5S. The van der Waals surface area contributed by atoms with Crippen molar-refractivity contribution in [2.75, 3.05) is 38.7 Å². The lowest BCUT2D eigenvalue weighted by Gasteiger charge is -2.55. The molecule has 2 N–H and O–H groups in total. The molecule has 1 atom stereocenters. The van der Waals surface area contributed by atoms with E-state index in [2.05, 4.69) is 10.3 Å². The van der Waals surface area contributed by atoms with Crippen LogP contribution in [0, 0.1) is 5.82 Å². The summed E-state index contributed by atoms with van der Waals surface area (Å²) in [5, 5.41) is 14.2. The van der Waals surface area contributed by atoms with Crippen LogP contribution in [0.3, 0.4) is 0 Å². The summed E-state index contributed by atoms with van der Waals surface area (Å²) in [4.78, 5) is 19.2. The number of amides is 2. The SMILES string of the molecule is COc1ccc2c3c(n(C)c2c1)[C@H](CO)N(C(=O)Nc1ccc(F)cc1)CC31CN(S(=O)(=O)c2cn(C)cn2)C1. The maximum absolute atomic E-state index is 13.6. The van der Waals surface area contributed by atoms with Gasteiger partial charge in [0.05, 0.1) is 31.6 Å². The Hall–Kier alpha value is -3.94. The maximum Gasteiger partial charge on any atom is 0.322 e. The van der Waals surface area contributed by atoms with Crippen molar-refractivity contribution in [3.8, 4) is 5.75 Å². The third-order valence-corrected chi connectivity index (χ3v) is 9.60. The second kappa shape index (κ2) is 9.32. The number of nitrogens with one attached hydrogen (secondary N) is 1. The first-order valence-corrected chi connectivity index (χ1v) is 14.1. The molecule has 6 rings (SSSR count). The highest BCUT2D eigenvalue weighted by atomic mass is 32.2. The molecule has 4 aromatic rings. The number of aliphatic hydroxyl groups is 1. The van der Waals surface area contributed by atoms with Gasteiger partial charge in [-0.15, -0.1) is 0 Å². The van der Waals surface area contributed by atoms with Crippen LogP contribution in [0.1, 0.15) is 17.3 Å². The summed E-state index contributed by atoms with van der Waals surface area (Å²) in [7, 11) is 1.29. The van der Waals surface area contributed by atoms with Gasteiger partial charge in [-0.1, -0.05) is 0 Å². The summed E-state index contributed by atoms with van der Waals surface area (Å²) in [6.45, 7) is 0.0693. The number of ether oxygens (including phenoxy) is 1. The number of imidazole rings is 1. The van der Waals surface area contributed by atoms with E-state index in [-0.39, 0.29) is 31.3 Å². The Morgan fingerprint density at radius 1 is 1.18 bits per heavy atom. The summed E-state index contributed by atoms with van der Waals surface area (Å²) >= 11 is 0. The number of aromatic nitrogens is 3. The van der Waals surface area contributed by atoms with E-state index < -0.39 is 33.3 Å². The lowest BCUT2D eigenvalue weighted by Crippen LogP contribution is -2.68. The number of urea groups is 1. The Balaban J connectivity index is 1.44. The van der Waals surface area contributed by atoms with Crippen LogP contribution in [0.4, 0.5) is 14.9 Å². The molecule has 4 heterocycles. The number of hydrogen-bond donors (Lipinski definition) is 2. The number of hydrogen-bond acceptors (Lipinski definition) is 6. The summed E-state index contributed by atoms with van der Waals surface area (Å²) in [6.07, 6.45) is 2.90. The Kier molecular flexibility index (Phi) is 6.13. The van der Waals surface area contributed by atoms with Crippen molar-refractivity contribution in [1.82, 2.24) is 23.3 Å². The number of aryl methyl sites for hydroxylation is 2. The second-order valence-electron chi connectivity index (χ2n) is 10.4. The third-order valence-electron chi connectivity index (χ3n) is 7.92. The lowest BCUT2D eigenvalue weighted by molar-refractivity contribution is 0.0534. The van der Waals surface area contributed by atoms with Gasteiger partial charge in [-0.05, 0) is 42.0 Å². The molecule has 0 bridgehead atoms. The quantitative estimate of drug-likeness (QED) is 0.382. The van der Waals surface area contributed by atoms with Crippen LogP contribution in [0.15, 0.2) is 60.0 Å². The molecule has 40 heavy (non-hydrogen) atoms. The topological polar surface area (TPSA) is 122 Å². The molecule has 2 aliphatic heterocycles. The van der Waals surface area contributed by atoms with Gasteiger partial charge in [0.25, 0.3) is 10.0 Å². The van der Waals surface area contributed by atoms with Gasteiger partial charge < -0.3 is 29.2 Å². The number of nitrogens with zero attached hydrogens (tertiary/aromatic N) is 5. The first-order chi connectivity index (χ1) is 19.1. The highest BCUT2D eigenvalue weighted by Gasteiger charge is 2.57. The highest BCUT2D eigenvalue weighted by molar-refractivity contribution is 7.89. The predicted molar refractivity (Wildman–Crippen MR) is 145 cm³/mol. The number of rotatable bonds is 5. The average Bonchev–Trinajstić information content (AvgIpc) is 3.49. The van der Waals surface area contributed by atoms with Gasteiger partial charge in [0.1, 0.15) is 11.6 Å². The molecule has 1 fully saturated rings. The van der Waals surface area contributed by atoms with Crippen molar-refractivity contribution < 1.29 is 27.4 Å². The molecule has 0 aliphatic carbocycles. The molecule has 1 saturated heterocycles. The summed E-state index contributed by atoms with van der Waals surface area (Å²) in [6, 6.07) is 9.90. The van der Waals surface area contributed by atoms with Gasteiger partial charge in [0.15, 0.2) is 5.03 Å². The van der Waals surface area contributed by atoms with Crippen molar-refractivity contribution in [2.24, 2.45) is 14.1 Å². The molecule has 2 aromatic carbocycles. The minimum atomic E-state index is -3.86. The number of carbonyl (C=O) groups excluding carboxylic acids is 1. The molecule has 2 aromatic heterocycles. The van der Waals surface area contributed by atoms with Gasteiger partial charge in [-0.25, -0.2) is 22.6 Å². The number of aliphatic hydroxyl groups excluding tert-OH is 1. The Bertz CT molecular complexity index is 1730. The number of methoxy groups -OCH3 is 1. The minimum Gasteiger partial charge on any atom is -0.497 e. The highest BCUT2D eigenvalue weighted by Crippen LogP contribution is 2.50. The molecule has 0 unspecified atom stereocenters. The van der Waals surface area contributed by atoms with Gasteiger partial charge in [-0.3, -0.25) is 0 Å². The number of fused-ring (bicyclic) bond motifs is 4. The fourth-order valence-electron chi connectivity index (χ4n) is 6.01. The van der Waals surface area contributed by atoms with Crippen LogP contribution in [-0.2, 0) is 29.5 Å². The predicted octanol–water partition coefficient (Wildman–Crippen LogP) is 2.58. The molecule has 13 heteroatoms. The van der Waals surface area contributed by atoms with Crippen LogP contribution in [-0.4, -0.2) is 76.2 Å². The number of benzene rings is 2.